The third-order valence-electron chi connectivity index (χ3n) is 2.47. The largest absolute Gasteiger partial charge is 0.433 e. The standard InChI is InChI=1S/C13H12F3IN4/c1-2-18-12-20-10(13(14,15)16)7-11(21-12)19-9-5-3-8(17)4-6-9/h3-7H,2H2,1H3,(H2,18,19,20,21). The maximum atomic E-state index is 12.8. The molecule has 112 valence electrons. The number of hydrogen-bond acceptors (Lipinski definition) is 4. The van der Waals surface area contributed by atoms with E-state index in [9.17, 15) is 13.2 Å². The number of anilines is 3. The molecule has 1 aromatic carbocycles. The number of rotatable bonds is 4. The second-order valence-electron chi connectivity index (χ2n) is 4.12. The van der Waals surface area contributed by atoms with Crippen LogP contribution < -0.4 is 10.6 Å². The van der Waals surface area contributed by atoms with Gasteiger partial charge in [-0.05, 0) is 53.8 Å². The normalized spacial score (nSPS) is 11.3. The molecule has 2 aromatic rings. The SMILES string of the molecule is CCNc1nc(Nc2ccc(I)cc2)cc(C(F)(F)F)n1. The number of halogens is 4. The maximum absolute atomic E-state index is 12.8. The van der Waals surface area contributed by atoms with Gasteiger partial charge >= 0.3 is 6.18 Å². The van der Waals surface area contributed by atoms with Crippen molar-refractivity contribution >= 4 is 40.0 Å². The molecule has 0 aliphatic carbocycles. The van der Waals surface area contributed by atoms with Crippen molar-refractivity contribution in [3.63, 3.8) is 0 Å². The Morgan fingerprint density at radius 2 is 1.81 bits per heavy atom. The van der Waals surface area contributed by atoms with E-state index >= 15 is 0 Å². The Morgan fingerprint density at radius 1 is 1.14 bits per heavy atom. The summed E-state index contributed by atoms with van der Waals surface area (Å²) in [7, 11) is 0. The summed E-state index contributed by atoms with van der Waals surface area (Å²) in [5.41, 5.74) is -0.328. The Labute approximate surface area is 133 Å². The first-order valence-corrected chi connectivity index (χ1v) is 7.19. The van der Waals surface area contributed by atoms with Crippen LogP contribution in [0.15, 0.2) is 30.3 Å². The van der Waals surface area contributed by atoms with Crippen LogP contribution in [0, 0.1) is 3.57 Å². The Hall–Kier alpha value is -1.58. The third-order valence-corrected chi connectivity index (χ3v) is 3.19. The van der Waals surface area contributed by atoms with Crippen molar-refractivity contribution in [3.8, 4) is 0 Å². The lowest BCUT2D eigenvalue weighted by Gasteiger charge is -2.12. The van der Waals surface area contributed by atoms with Gasteiger partial charge in [-0.2, -0.15) is 18.2 Å². The molecule has 0 saturated carbocycles. The highest BCUT2D eigenvalue weighted by Gasteiger charge is 2.33. The van der Waals surface area contributed by atoms with Gasteiger partial charge < -0.3 is 10.6 Å². The number of hydrogen-bond donors (Lipinski definition) is 2. The molecule has 0 unspecified atom stereocenters. The van der Waals surface area contributed by atoms with Crippen molar-refractivity contribution in [2.24, 2.45) is 0 Å². The molecular weight excluding hydrogens is 396 g/mol. The molecule has 0 aliphatic heterocycles. The topological polar surface area (TPSA) is 49.8 Å². The van der Waals surface area contributed by atoms with E-state index in [0.717, 1.165) is 9.64 Å². The summed E-state index contributed by atoms with van der Waals surface area (Å²) < 4.78 is 39.5. The fourth-order valence-electron chi connectivity index (χ4n) is 1.57. The lowest BCUT2D eigenvalue weighted by atomic mass is 10.3. The van der Waals surface area contributed by atoms with Crippen LogP contribution in [0.1, 0.15) is 12.6 Å². The van der Waals surface area contributed by atoms with Gasteiger partial charge in [0.2, 0.25) is 5.95 Å². The fraction of sp³-hybridized carbons (Fsp3) is 0.231. The highest BCUT2D eigenvalue weighted by molar-refractivity contribution is 14.1. The van der Waals surface area contributed by atoms with Crippen molar-refractivity contribution in [3.05, 3.63) is 39.6 Å². The molecular formula is C13H12F3IN4. The van der Waals surface area contributed by atoms with Gasteiger partial charge in [0.05, 0.1) is 0 Å². The average molecular weight is 408 g/mol. The van der Waals surface area contributed by atoms with Gasteiger partial charge in [-0.25, -0.2) is 4.98 Å². The predicted octanol–water partition coefficient (Wildman–Crippen LogP) is 4.28. The zero-order valence-corrected chi connectivity index (χ0v) is 13.2. The molecule has 4 nitrogen and oxygen atoms in total. The zero-order chi connectivity index (χ0) is 15.5. The summed E-state index contributed by atoms with van der Waals surface area (Å²) in [6, 6.07) is 8.12. The molecule has 0 saturated heterocycles. The number of benzene rings is 1. The number of alkyl halides is 3. The van der Waals surface area contributed by atoms with E-state index in [4.69, 9.17) is 0 Å². The Morgan fingerprint density at radius 3 is 2.38 bits per heavy atom. The lowest BCUT2D eigenvalue weighted by Crippen LogP contribution is -2.13. The summed E-state index contributed by atoms with van der Waals surface area (Å²) in [5, 5.41) is 5.54. The van der Waals surface area contributed by atoms with Crippen LogP contribution >= 0.6 is 22.6 Å². The van der Waals surface area contributed by atoms with Gasteiger partial charge in [0, 0.05) is 21.9 Å². The summed E-state index contributed by atoms with van der Waals surface area (Å²) >= 11 is 2.15. The predicted molar refractivity (Wildman–Crippen MR) is 83.6 cm³/mol. The van der Waals surface area contributed by atoms with Crippen molar-refractivity contribution in [2.45, 2.75) is 13.1 Å². The Bertz CT molecular complexity index is 614. The molecule has 0 amide bonds. The molecule has 2 rings (SSSR count). The molecule has 0 spiro atoms. The van der Waals surface area contributed by atoms with Crippen molar-refractivity contribution < 1.29 is 13.2 Å². The number of nitrogens with one attached hydrogen (secondary N) is 2. The minimum absolute atomic E-state index is 0.0552. The first-order chi connectivity index (χ1) is 9.88. The van der Waals surface area contributed by atoms with Gasteiger partial charge in [-0.3, -0.25) is 0 Å². The lowest BCUT2D eigenvalue weighted by molar-refractivity contribution is -0.141. The van der Waals surface area contributed by atoms with E-state index in [2.05, 4.69) is 43.2 Å². The van der Waals surface area contributed by atoms with Gasteiger partial charge in [-0.1, -0.05) is 0 Å². The first-order valence-electron chi connectivity index (χ1n) is 6.11. The van der Waals surface area contributed by atoms with Gasteiger partial charge in [-0.15, -0.1) is 0 Å². The van der Waals surface area contributed by atoms with Gasteiger partial charge in [0.1, 0.15) is 5.82 Å². The van der Waals surface area contributed by atoms with Crippen LogP contribution in [-0.2, 0) is 6.18 Å². The monoisotopic (exact) mass is 408 g/mol. The van der Waals surface area contributed by atoms with Gasteiger partial charge in [0.25, 0.3) is 0 Å². The molecule has 0 aliphatic rings. The molecule has 0 fully saturated rings. The average Bonchev–Trinajstić information content (AvgIpc) is 2.41. The van der Waals surface area contributed by atoms with Crippen molar-refractivity contribution in [1.82, 2.24) is 9.97 Å². The van der Waals surface area contributed by atoms with Crippen LogP contribution in [0.3, 0.4) is 0 Å². The molecule has 21 heavy (non-hydrogen) atoms. The smallest absolute Gasteiger partial charge is 0.354 e. The first kappa shape index (κ1) is 15.8. The van der Waals surface area contributed by atoms with E-state index in [-0.39, 0.29) is 11.8 Å². The molecule has 0 bridgehead atoms. The fourth-order valence-corrected chi connectivity index (χ4v) is 1.93. The summed E-state index contributed by atoms with van der Waals surface area (Å²) in [5.74, 6) is 0.0369. The molecule has 2 N–H and O–H groups in total. The molecule has 8 heteroatoms. The summed E-state index contributed by atoms with van der Waals surface area (Å²) in [6.07, 6.45) is -4.52. The van der Waals surface area contributed by atoms with Crippen LogP contribution in [0.2, 0.25) is 0 Å². The molecule has 1 heterocycles. The van der Waals surface area contributed by atoms with Crippen molar-refractivity contribution in [2.75, 3.05) is 17.2 Å². The third kappa shape index (κ3) is 4.45. The zero-order valence-electron chi connectivity index (χ0n) is 11.0. The maximum Gasteiger partial charge on any atom is 0.433 e. The second kappa shape index (κ2) is 6.46. The summed E-state index contributed by atoms with van der Waals surface area (Å²) in [4.78, 5) is 7.48. The minimum atomic E-state index is -4.52. The molecule has 1 aromatic heterocycles. The summed E-state index contributed by atoms with van der Waals surface area (Å²) in [6.45, 7) is 2.19. The second-order valence-corrected chi connectivity index (χ2v) is 5.37. The van der Waals surface area contributed by atoms with Crippen LogP contribution in [0.25, 0.3) is 0 Å². The van der Waals surface area contributed by atoms with E-state index < -0.39 is 11.9 Å². The van der Waals surface area contributed by atoms with Crippen LogP contribution in [0.5, 0.6) is 0 Å². The minimum Gasteiger partial charge on any atom is -0.354 e. The molecule has 0 atom stereocenters. The Balaban J connectivity index is 2.33. The Kier molecular flexibility index (Phi) is 4.86. The van der Waals surface area contributed by atoms with E-state index in [0.29, 0.717) is 12.2 Å². The quantitative estimate of drug-likeness (QED) is 0.742. The number of nitrogens with zero attached hydrogens (tertiary/aromatic N) is 2. The van der Waals surface area contributed by atoms with E-state index in [1.54, 1.807) is 19.1 Å². The van der Waals surface area contributed by atoms with E-state index in [1.165, 1.54) is 0 Å². The molecule has 0 radical (unpaired) electrons. The highest BCUT2D eigenvalue weighted by atomic mass is 127. The highest BCUT2D eigenvalue weighted by Crippen LogP contribution is 2.30. The van der Waals surface area contributed by atoms with Crippen LogP contribution in [-0.4, -0.2) is 16.5 Å². The van der Waals surface area contributed by atoms with Crippen molar-refractivity contribution in [1.29, 1.82) is 0 Å². The number of aromatic nitrogens is 2. The van der Waals surface area contributed by atoms with E-state index in [1.807, 2.05) is 12.1 Å². The van der Waals surface area contributed by atoms with Gasteiger partial charge in [0.15, 0.2) is 5.69 Å². The van der Waals surface area contributed by atoms with Crippen LogP contribution in [0.4, 0.5) is 30.6 Å².